The molecule has 1 saturated heterocycles. The number of hydrogen-bond acceptors (Lipinski definition) is 8. The number of aliphatic imine (C=N–C) groups is 1. The summed E-state index contributed by atoms with van der Waals surface area (Å²) in [5.74, 6) is 0.501. The van der Waals surface area contributed by atoms with Gasteiger partial charge in [-0.05, 0) is 67.4 Å². The average molecular weight is 593 g/mol. The molecule has 0 aromatic rings. The molecule has 0 N–H and O–H groups in total. The lowest BCUT2D eigenvalue weighted by Crippen LogP contribution is -2.51. The highest BCUT2D eigenvalue weighted by Crippen LogP contribution is 2.55. The summed E-state index contributed by atoms with van der Waals surface area (Å²) in [6.45, 7) is 11.9. The Labute approximate surface area is 254 Å². The zero-order valence-electron chi connectivity index (χ0n) is 25.5. The van der Waals surface area contributed by atoms with Crippen LogP contribution in [0.15, 0.2) is 62.2 Å². The number of nitrogens with zero attached hydrogens (tertiary/aromatic N) is 4. The van der Waals surface area contributed by atoms with Crippen LogP contribution in [0.3, 0.4) is 0 Å². The van der Waals surface area contributed by atoms with Crippen molar-refractivity contribution in [1.82, 2.24) is 14.7 Å². The van der Waals surface area contributed by atoms with E-state index in [1.807, 2.05) is 25.7 Å². The first-order valence-corrected chi connectivity index (χ1v) is 16.4. The molecule has 42 heavy (non-hydrogen) atoms. The maximum atomic E-state index is 12.6. The second kappa shape index (κ2) is 12.1. The number of amides is 1. The fourth-order valence-electron chi connectivity index (χ4n) is 7.06. The zero-order valence-corrected chi connectivity index (χ0v) is 26.3. The third kappa shape index (κ3) is 6.00. The number of ether oxygens (including phenoxy) is 2. The van der Waals surface area contributed by atoms with Crippen LogP contribution >= 0.6 is 11.8 Å². The number of esters is 1. The Morgan fingerprint density at radius 1 is 1.05 bits per heavy atom. The lowest BCUT2D eigenvalue weighted by atomic mass is 9.80. The summed E-state index contributed by atoms with van der Waals surface area (Å²) in [7, 11) is 1.44. The van der Waals surface area contributed by atoms with Gasteiger partial charge < -0.3 is 19.3 Å². The van der Waals surface area contributed by atoms with E-state index >= 15 is 0 Å². The van der Waals surface area contributed by atoms with Crippen LogP contribution in [0, 0.1) is 11.8 Å². The highest BCUT2D eigenvalue weighted by Gasteiger charge is 2.42. The highest BCUT2D eigenvalue weighted by molar-refractivity contribution is 8.19. The van der Waals surface area contributed by atoms with E-state index in [9.17, 15) is 9.59 Å². The van der Waals surface area contributed by atoms with Crippen molar-refractivity contribution in [1.29, 1.82) is 0 Å². The van der Waals surface area contributed by atoms with E-state index < -0.39 is 5.60 Å². The zero-order chi connectivity index (χ0) is 29.4. The molecule has 3 heterocycles. The summed E-state index contributed by atoms with van der Waals surface area (Å²) in [6.07, 6.45) is 15.5. The van der Waals surface area contributed by atoms with Gasteiger partial charge in [-0.25, -0.2) is 9.59 Å². The number of allylic oxidation sites excluding steroid dienone is 7. The molecule has 8 nitrogen and oxygen atoms in total. The topological polar surface area (TPSA) is 74.7 Å². The molecule has 1 unspecified atom stereocenters. The first-order valence-electron chi connectivity index (χ1n) is 15.5. The van der Waals surface area contributed by atoms with Crippen molar-refractivity contribution in [3.8, 4) is 0 Å². The van der Waals surface area contributed by atoms with E-state index in [2.05, 4.69) is 39.2 Å². The predicted molar refractivity (Wildman–Crippen MR) is 167 cm³/mol. The van der Waals surface area contributed by atoms with Crippen molar-refractivity contribution >= 4 is 28.9 Å². The summed E-state index contributed by atoms with van der Waals surface area (Å²) >= 11 is 1.52. The van der Waals surface area contributed by atoms with Crippen molar-refractivity contribution in [3.05, 3.63) is 57.2 Å². The van der Waals surface area contributed by atoms with Crippen LogP contribution in [0.25, 0.3) is 0 Å². The number of carbonyl (C=O) groups is 2. The van der Waals surface area contributed by atoms with Gasteiger partial charge in [0, 0.05) is 62.8 Å². The SMILES string of the molecule is COC(=O)C1=NCC2=C(S1)C1=C(C3CCCCC3)C3=CC=CC3C1=CN(CCN1CCN(C(=O)OC(C)(C)C)CC1)C2. The monoisotopic (exact) mass is 592 g/mol. The summed E-state index contributed by atoms with van der Waals surface area (Å²) < 4.78 is 10.7. The third-order valence-electron chi connectivity index (χ3n) is 9.10. The molecule has 0 bridgehead atoms. The van der Waals surface area contributed by atoms with Crippen LogP contribution in [-0.4, -0.2) is 96.9 Å². The van der Waals surface area contributed by atoms with Crippen molar-refractivity contribution in [2.24, 2.45) is 16.8 Å². The minimum Gasteiger partial charge on any atom is -0.464 e. The van der Waals surface area contributed by atoms with Crippen LogP contribution in [0.1, 0.15) is 52.9 Å². The van der Waals surface area contributed by atoms with Crippen LogP contribution < -0.4 is 0 Å². The molecular weight excluding hydrogens is 548 g/mol. The van der Waals surface area contributed by atoms with E-state index in [1.165, 1.54) is 83.7 Å². The van der Waals surface area contributed by atoms with Gasteiger partial charge >= 0.3 is 12.1 Å². The second-order valence-corrected chi connectivity index (χ2v) is 14.1. The second-order valence-electron chi connectivity index (χ2n) is 13.1. The van der Waals surface area contributed by atoms with Crippen molar-refractivity contribution in [2.75, 3.05) is 59.5 Å². The Morgan fingerprint density at radius 3 is 2.52 bits per heavy atom. The Bertz CT molecular complexity index is 1300. The van der Waals surface area contributed by atoms with Gasteiger partial charge in [-0.2, -0.15) is 0 Å². The van der Waals surface area contributed by atoms with E-state index in [-0.39, 0.29) is 18.0 Å². The molecule has 3 aliphatic carbocycles. The van der Waals surface area contributed by atoms with Gasteiger partial charge in [0.25, 0.3) is 0 Å². The molecule has 0 aromatic carbocycles. The van der Waals surface area contributed by atoms with Gasteiger partial charge in [-0.1, -0.05) is 49.3 Å². The number of rotatable bonds is 5. The molecular formula is C33H44N4O4S. The number of hydrogen-bond donors (Lipinski definition) is 0. The minimum atomic E-state index is -0.477. The van der Waals surface area contributed by atoms with E-state index in [0.717, 1.165) is 32.7 Å². The molecule has 226 valence electrons. The Kier molecular flexibility index (Phi) is 8.42. The number of piperazine rings is 1. The fraction of sp³-hybridized carbons (Fsp3) is 0.606. The summed E-state index contributed by atoms with van der Waals surface area (Å²) in [4.78, 5) is 37.7. The number of carbonyl (C=O) groups excluding carboxylic acids is 2. The van der Waals surface area contributed by atoms with Gasteiger partial charge in [0.05, 0.1) is 13.7 Å². The van der Waals surface area contributed by atoms with Crippen LogP contribution in [0.5, 0.6) is 0 Å². The Balaban J connectivity index is 1.23. The van der Waals surface area contributed by atoms with Gasteiger partial charge in [0.1, 0.15) is 5.60 Å². The summed E-state index contributed by atoms with van der Waals surface area (Å²) in [5, 5.41) is 0.462. The van der Waals surface area contributed by atoms with Crippen molar-refractivity contribution < 1.29 is 19.1 Å². The van der Waals surface area contributed by atoms with E-state index in [0.29, 0.717) is 30.6 Å². The Morgan fingerprint density at radius 2 is 1.81 bits per heavy atom. The lowest BCUT2D eigenvalue weighted by Gasteiger charge is -2.36. The van der Waals surface area contributed by atoms with Gasteiger partial charge in [0.15, 0.2) is 5.04 Å². The Hall–Kier alpha value is -2.78. The molecule has 0 aromatic heterocycles. The number of methoxy groups -OCH3 is 1. The van der Waals surface area contributed by atoms with Gasteiger partial charge in [-0.3, -0.25) is 9.89 Å². The number of thioether (sulfide) groups is 1. The first kappa shape index (κ1) is 29.3. The molecule has 3 aliphatic heterocycles. The predicted octanol–water partition coefficient (Wildman–Crippen LogP) is 5.31. The molecule has 6 aliphatic rings. The molecule has 0 radical (unpaired) electrons. The van der Waals surface area contributed by atoms with Gasteiger partial charge in [0.2, 0.25) is 0 Å². The lowest BCUT2D eigenvalue weighted by molar-refractivity contribution is -0.132. The van der Waals surface area contributed by atoms with Gasteiger partial charge in [-0.15, -0.1) is 0 Å². The highest BCUT2D eigenvalue weighted by atomic mass is 32.2. The first-order chi connectivity index (χ1) is 20.2. The summed E-state index contributed by atoms with van der Waals surface area (Å²) in [5.41, 5.74) is 6.53. The smallest absolute Gasteiger partial charge is 0.410 e. The standard InChI is InChI=1S/C33H44N4O4S/c1-33(2,3)41-32(39)37-17-15-35(16-18-37)13-14-36-20-23-19-34-30(31(38)40-4)42-29(23)28-26(21-36)24-11-8-12-25(24)27(28)22-9-6-5-7-10-22/h8,11-12,21-22,24H,5-7,9-10,13-20H2,1-4H3. The number of fused-ring (bicyclic) bond motifs is 4. The minimum absolute atomic E-state index is 0.219. The van der Waals surface area contributed by atoms with E-state index in [4.69, 9.17) is 9.47 Å². The van der Waals surface area contributed by atoms with Crippen LogP contribution in [0.2, 0.25) is 0 Å². The molecule has 0 spiro atoms. The molecule has 1 saturated carbocycles. The van der Waals surface area contributed by atoms with Crippen LogP contribution in [-0.2, 0) is 14.3 Å². The largest absolute Gasteiger partial charge is 0.464 e. The fourth-order valence-corrected chi connectivity index (χ4v) is 8.15. The summed E-state index contributed by atoms with van der Waals surface area (Å²) in [6, 6.07) is 0. The van der Waals surface area contributed by atoms with Crippen molar-refractivity contribution in [3.63, 3.8) is 0 Å². The molecule has 6 rings (SSSR count). The molecule has 2 fully saturated rings. The molecule has 9 heteroatoms. The van der Waals surface area contributed by atoms with Crippen molar-refractivity contribution in [2.45, 2.75) is 58.5 Å². The third-order valence-corrected chi connectivity index (χ3v) is 10.3. The maximum absolute atomic E-state index is 12.6. The van der Waals surface area contributed by atoms with Crippen LogP contribution in [0.4, 0.5) is 4.79 Å². The quantitative estimate of drug-likeness (QED) is 0.401. The average Bonchev–Trinajstić information content (AvgIpc) is 3.52. The molecule has 1 atom stereocenters. The van der Waals surface area contributed by atoms with E-state index in [1.54, 1.807) is 0 Å². The maximum Gasteiger partial charge on any atom is 0.410 e. The normalized spacial score (nSPS) is 25.0. The molecule has 1 amide bonds.